The third kappa shape index (κ3) is 3.28. The van der Waals surface area contributed by atoms with E-state index in [0.717, 1.165) is 59.1 Å². The number of hydrogen-bond donors (Lipinski definition) is 1. The minimum Gasteiger partial charge on any atom is -0.497 e. The molecule has 1 aliphatic carbocycles. The zero-order valence-corrected chi connectivity index (χ0v) is 17.7. The van der Waals surface area contributed by atoms with Crippen LogP contribution in [-0.2, 0) is 7.05 Å². The van der Waals surface area contributed by atoms with Crippen molar-refractivity contribution in [1.82, 2.24) is 19.9 Å². The van der Waals surface area contributed by atoms with E-state index in [1.54, 1.807) is 7.11 Å². The molecule has 1 aliphatic heterocycles. The second-order valence-electron chi connectivity index (χ2n) is 8.36. The fraction of sp³-hybridized carbons (Fsp3) is 0.435. The molecule has 2 fully saturated rings. The highest BCUT2D eigenvalue weighted by molar-refractivity contribution is 6.08. The molecule has 1 atom stereocenters. The van der Waals surface area contributed by atoms with Gasteiger partial charge in [-0.15, -0.1) is 0 Å². The highest BCUT2D eigenvalue weighted by Crippen LogP contribution is 2.39. The number of rotatable bonds is 5. The molecule has 156 valence electrons. The molecule has 1 N–H and O–H groups in total. The van der Waals surface area contributed by atoms with Crippen molar-refractivity contribution in [3.8, 4) is 5.75 Å². The van der Waals surface area contributed by atoms with Gasteiger partial charge in [0.2, 0.25) is 5.95 Å². The maximum atomic E-state index is 13.2. The quantitative estimate of drug-likeness (QED) is 0.706. The summed E-state index contributed by atoms with van der Waals surface area (Å²) in [6.07, 6.45) is 5.19. The van der Waals surface area contributed by atoms with Crippen molar-refractivity contribution in [1.29, 1.82) is 0 Å². The second kappa shape index (κ2) is 7.31. The average molecular weight is 406 g/mol. The number of hydrogen-bond acceptors (Lipinski definition) is 5. The summed E-state index contributed by atoms with van der Waals surface area (Å²) in [5, 5.41) is 4.16. The summed E-state index contributed by atoms with van der Waals surface area (Å²) in [6.45, 7) is 3.56. The van der Waals surface area contributed by atoms with Crippen LogP contribution in [0.3, 0.4) is 0 Å². The first-order chi connectivity index (χ1) is 14.5. The number of nitrogens with one attached hydrogen (secondary N) is 1. The van der Waals surface area contributed by atoms with E-state index in [9.17, 15) is 4.79 Å². The summed E-state index contributed by atoms with van der Waals surface area (Å²) in [6, 6.07) is 7.96. The molecular weight excluding hydrogens is 378 g/mol. The van der Waals surface area contributed by atoms with E-state index in [-0.39, 0.29) is 11.9 Å². The molecule has 0 radical (unpaired) electrons. The Morgan fingerprint density at radius 1 is 1.23 bits per heavy atom. The molecular formula is C23H27N5O2. The summed E-state index contributed by atoms with van der Waals surface area (Å²) < 4.78 is 7.43. The Bertz CT molecular complexity index is 1120. The van der Waals surface area contributed by atoms with Gasteiger partial charge in [-0.2, -0.15) is 0 Å². The molecule has 30 heavy (non-hydrogen) atoms. The molecule has 5 rings (SSSR count). The van der Waals surface area contributed by atoms with Gasteiger partial charge in [0, 0.05) is 60.6 Å². The van der Waals surface area contributed by atoms with Gasteiger partial charge in [0.15, 0.2) is 0 Å². The van der Waals surface area contributed by atoms with Crippen LogP contribution in [0.15, 0.2) is 30.5 Å². The molecule has 1 unspecified atom stereocenters. The van der Waals surface area contributed by atoms with Crippen LogP contribution in [0.1, 0.15) is 46.9 Å². The third-order valence-corrected chi connectivity index (χ3v) is 6.39. The molecule has 3 heterocycles. The Hall–Kier alpha value is -3.09. The maximum absolute atomic E-state index is 13.2. The Kier molecular flexibility index (Phi) is 4.60. The lowest BCUT2D eigenvalue weighted by atomic mass is 10.1. The number of amides is 1. The molecule has 1 amide bonds. The van der Waals surface area contributed by atoms with Gasteiger partial charge >= 0.3 is 0 Å². The van der Waals surface area contributed by atoms with Crippen molar-refractivity contribution < 1.29 is 9.53 Å². The predicted octanol–water partition coefficient (Wildman–Crippen LogP) is 3.17. The lowest BCUT2D eigenvalue weighted by molar-refractivity contribution is 0.0941. The number of ether oxygens (including phenoxy) is 1. The summed E-state index contributed by atoms with van der Waals surface area (Å²) in [4.78, 5) is 24.6. The van der Waals surface area contributed by atoms with E-state index in [1.165, 1.54) is 12.8 Å². The summed E-state index contributed by atoms with van der Waals surface area (Å²) >= 11 is 0. The van der Waals surface area contributed by atoms with Crippen molar-refractivity contribution in [2.24, 2.45) is 7.05 Å². The molecule has 2 aromatic heterocycles. The van der Waals surface area contributed by atoms with Gasteiger partial charge in [-0.05, 0) is 50.5 Å². The molecule has 0 spiro atoms. The molecule has 1 aromatic carbocycles. The molecule has 1 saturated carbocycles. The van der Waals surface area contributed by atoms with Crippen LogP contribution in [0.4, 0.5) is 5.95 Å². The minimum absolute atomic E-state index is 0.0362. The lowest BCUT2D eigenvalue weighted by Crippen LogP contribution is -2.37. The summed E-state index contributed by atoms with van der Waals surface area (Å²) in [7, 11) is 3.63. The van der Waals surface area contributed by atoms with E-state index >= 15 is 0 Å². The van der Waals surface area contributed by atoms with Crippen LogP contribution >= 0.6 is 0 Å². The first-order valence-electron chi connectivity index (χ1n) is 10.6. The number of aromatic nitrogens is 3. The monoisotopic (exact) mass is 405 g/mol. The molecule has 3 aromatic rings. The van der Waals surface area contributed by atoms with Crippen LogP contribution < -0.4 is 15.0 Å². The number of fused-ring (bicyclic) bond motifs is 1. The maximum Gasteiger partial charge on any atom is 0.254 e. The van der Waals surface area contributed by atoms with E-state index in [2.05, 4.69) is 19.8 Å². The van der Waals surface area contributed by atoms with Crippen molar-refractivity contribution in [2.75, 3.05) is 25.1 Å². The summed E-state index contributed by atoms with van der Waals surface area (Å²) in [5.41, 5.74) is 3.84. The van der Waals surface area contributed by atoms with Gasteiger partial charge in [0.05, 0.1) is 12.7 Å². The molecule has 7 nitrogen and oxygen atoms in total. The fourth-order valence-electron chi connectivity index (χ4n) is 4.40. The normalized spacial score (nSPS) is 18.8. The molecule has 7 heteroatoms. The van der Waals surface area contributed by atoms with Gasteiger partial charge in [-0.1, -0.05) is 0 Å². The molecule has 1 saturated heterocycles. The van der Waals surface area contributed by atoms with Gasteiger partial charge in [0.25, 0.3) is 5.91 Å². The third-order valence-electron chi connectivity index (χ3n) is 6.39. The van der Waals surface area contributed by atoms with E-state index in [0.29, 0.717) is 5.92 Å². The first kappa shape index (κ1) is 18.9. The zero-order chi connectivity index (χ0) is 20.8. The number of methoxy groups -OCH3 is 1. The topological polar surface area (TPSA) is 72.3 Å². The Labute approximate surface area is 176 Å². The smallest absolute Gasteiger partial charge is 0.254 e. The van der Waals surface area contributed by atoms with Crippen molar-refractivity contribution in [3.63, 3.8) is 0 Å². The van der Waals surface area contributed by atoms with Crippen LogP contribution in [0.2, 0.25) is 0 Å². The predicted molar refractivity (Wildman–Crippen MR) is 116 cm³/mol. The highest BCUT2D eigenvalue weighted by Gasteiger charge is 2.30. The summed E-state index contributed by atoms with van der Waals surface area (Å²) in [5.74, 6) is 2.10. The van der Waals surface area contributed by atoms with Gasteiger partial charge < -0.3 is 19.5 Å². The first-order valence-corrected chi connectivity index (χ1v) is 10.6. The van der Waals surface area contributed by atoms with Crippen LogP contribution in [-0.4, -0.2) is 46.7 Å². The fourth-order valence-corrected chi connectivity index (χ4v) is 4.40. The standard InChI is InChI=1S/C23H27N5O2/c1-14-21(18-12-17(30-3)6-7-20(18)27(14)2)22(29)25-16-9-11-28(13-16)23-24-10-8-19(26-23)15-4-5-15/h6-8,10,12,15-16H,4-5,9,11,13H2,1-3H3,(H,25,29). The van der Waals surface area contributed by atoms with Gasteiger partial charge in [0.1, 0.15) is 5.75 Å². The minimum atomic E-state index is -0.0362. The number of nitrogens with zero attached hydrogens (tertiary/aromatic N) is 4. The van der Waals surface area contributed by atoms with E-state index in [1.807, 2.05) is 44.4 Å². The van der Waals surface area contributed by atoms with Crippen molar-refractivity contribution >= 4 is 22.8 Å². The van der Waals surface area contributed by atoms with Gasteiger partial charge in [-0.3, -0.25) is 4.79 Å². The highest BCUT2D eigenvalue weighted by atomic mass is 16.5. The average Bonchev–Trinajstić information content (AvgIpc) is 3.46. The van der Waals surface area contributed by atoms with E-state index < -0.39 is 0 Å². The number of carbonyl (C=O) groups excluding carboxylic acids is 1. The van der Waals surface area contributed by atoms with Crippen LogP contribution in [0, 0.1) is 6.92 Å². The zero-order valence-electron chi connectivity index (χ0n) is 17.7. The lowest BCUT2D eigenvalue weighted by Gasteiger charge is -2.17. The number of aryl methyl sites for hydroxylation is 1. The Balaban J connectivity index is 1.34. The van der Waals surface area contributed by atoms with Crippen LogP contribution in [0.25, 0.3) is 10.9 Å². The molecule has 2 aliphatic rings. The Morgan fingerprint density at radius 2 is 2.07 bits per heavy atom. The van der Waals surface area contributed by atoms with Crippen molar-refractivity contribution in [3.05, 3.63) is 47.4 Å². The molecule has 0 bridgehead atoms. The number of benzene rings is 1. The Morgan fingerprint density at radius 3 is 2.83 bits per heavy atom. The van der Waals surface area contributed by atoms with Crippen molar-refractivity contribution in [2.45, 2.75) is 38.1 Å². The van der Waals surface area contributed by atoms with E-state index in [4.69, 9.17) is 9.72 Å². The number of carbonyl (C=O) groups is 1. The number of anilines is 1. The second-order valence-corrected chi connectivity index (χ2v) is 8.36. The van der Waals surface area contributed by atoms with Gasteiger partial charge in [-0.25, -0.2) is 9.97 Å². The van der Waals surface area contributed by atoms with Crippen LogP contribution in [0.5, 0.6) is 5.75 Å². The largest absolute Gasteiger partial charge is 0.497 e. The SMILES string of the molecule is COc1ccc2c(c1)c(C(=O)NC1CCN(c3nccc(C4CC4)n3)C1)c(C)n2C.